The van der Waals surface area contributed by atoms with Crippen molar-refractivity contribution in [3.8, 4) is 0 Å². The predicted octanol–water partition coefficient (Wildman–Crippen LogP) is 4.54. The zero-order chi connectivity index (χ0) is 24.9. The average molecular weight is 500 g/mol. The van der Waals surface area contributed by atoms with Gasteiger partial charge in [0, 0.05) is 13.1 Å². The number of halogens is 2. The number of β-amino-alcohol motifs (C(OH)–C–C–N with tert-alkyl or cyclic N) is 1. The van der Waals surface area contributed by atoms with Gasteiger partial charge in [0.15, 0.2) is 5.82 Å². The van der Waals surface area contributed by atoms with E-state index in [-0.39, 0.29) is 30.3 Å². The van der Waals surface area contributed by atoms with E-state index in [1.807, 2.05) is 12.1 Å². The van der Waals surface area contributed by atoms with E-state index in [4.69, 9.17) is 16.3 Å². The third-order valence-corrected chi connectivity index (χ3v) is 7.49. The van der Waals surface area contributed by atoms with Crippen LogP contribution >= 0.6 is 11.6 Å². The van der Waals surface area contributed by atoms with Crippen LogP contribution in [0.3, 0.4) is 0 Å². The first-order chi connectivity index (χ1) is 16.8. The summed E-state index contributed by atoms with van der Waals surface area (Å²) in [6.45, 7) is 3.99. The molecular formula is C26H27ClFN3O4. The normalized spacial score (nSPS) is 22.4. The van der Waals surface area contributed by atoms with Gasteiger partial charge >= 0.3 is 5.97 Å². The van der Waals surface area contributed by atoms with Crippen LogP contribution in [0.5, 0.6) is 0 Å². The Balaban J connectivity index is 1.55. The number of fused-ring (bicyclic) bond motifs is 1. The average Bonchev–Trinajstić information content (AvgIpc) is 3.60. The Morgan fingerprint density at radius 3 is 2.69 bits per heavy atom. The largest absolute Gasteiger partial charge is 0.465 e. The number of piperidine rings is 1. The van der Waals surface area contributed by atoms with Crippen LogP contribution in [0.1, 0.15) is 54.9 Å². The number of benzene rings is 2. The van der Waals surface area contributed by atoms with E-state index < -0.39 is 29.2 Å². The fourth-order valence-corrected chi connectivity index (χ4v) is 5.12. The zero-order valence-corrected chi connectivity index (χ0v) is 20.4. The Hall–Kier alpha value is -2.97. The Morgan fingerprint density at radius 2 is 2.00 bits per heavy atom. The van der Waals surface area contributed by atoms with Crippen LogP contribution in [0, 0.1) is 11.2 Å². The first-order valence-electron chi connectivity index (χ1n) is 11.9. The number of esters is 1. The SMILES string of the molecule is CCOC(=O)[C@]1(C)CCN(c2nn(C(=O)c3c(Cl)cccc3C3CC3)c3cccc(F)c23)C[C@H]1O. The number of hydrogen-bond donors (Lipinski definition) is 1. The van der Waals surface area contributed by atoms with Gasteiger partial charge in [0.1, 0.15) is 5.82 Å². The molecule has 1 aliphatic carbocycles. The molecule has 2 heterocycles. The van der Waals surface area contributed by atoms with Gasteiger partial charge in [0.05, 0.1) is 39.6 Å². The quantitative estimate of drug-likeness (QED) is 0.519. The highest BCUT2D eigenvalue weighted by molar-refractivity contribution is 6.34. The van der Waals surface area contributed by atoms with E-state index in [1.54, 1.807) is 30.9 Å². The lowest BCUT2D eigenvalue weighted by molar-refractivity contribution is -0.162. The first-order valence-corrected chi connectivity index (χ1v) is 12.2. The lowest BCUT2D eigenvalue weighted by Gasteiger charge is -2.41. The molecule has 5 rings (SSSR count). The summed E-state index contributed by atoms with van der Waals surface area (Å²) in [5.41, 5.74) is 0.503. The number of rotatable bonds is 5. The summed E-state index contributed by atoms with van der Waals surface area (Å²) in [7, 11) is 0. The Morgan fingerprint density at radius 1 is 1.26 bits per heavy atom. The molecule has 3 aromatic rings. The molecule has 9 heteroatoms. The summed E-state index contributed by atoms with van der Waals surface area (Å²) >= 11 is 6.47. The molecule has 2 atom stereocenters. The van der Waals surface area contributed by atoms with E-state index in [2.05, 4.69) is 5.10 Å². The Bertz CT molecular complexity index is 1320. The molecule has 2 aliphatic rings. The van der Waals surface area contributed by atoms with Crippen molar-refractivity contribution in [1.82, 2.24) is 9.78 Å². The molecule has 35 heavy (non-hydrogen) atoms. The summed E-state index contributed by atoms with van der Waals surface area (Å²) in [6, 6.07) is 9.89. The second kappa shape index (κ2) is 8.91. The molecule has 184 valence electrons. The molecule has 2 aromatic carbocycles. The molecule has 2 fully saturated rings. The van der Waals surface area contributed by atoms with Gasteiger partial charge in [-0.3, -0.25) is 9.59 Å². The standard InChI is InChI=1S/C26H27ClFN3O4/c1-3-35-25(34)26(2)12-13-30(14-20(26)32)23-22-18(28)8-5-9-19(22)31(29-23)24(33)21-16(15-10-11-15)6-4-7-17(21)27/h4-9,15,20,32H,3,10-14H2,1-2H3/t20-,26-/m1/s1. The molecule has 0 unspecified atom stereocenters. The van der Waals surface area contributed by atoms with Crippen LogP contribution in [0.25, 0.3) is 10.9 Å². The van der Waals surface area contributed by atoms with Crippen LogP contribution in [0.2, 0.25) is 5.02 Å². The molecule has 0 spiro atoms. The summed E-state index contributed by atoms with van der Waals surface area (Å²) in [5, 5.41) is 15.9. The highest BCUT2D eigenvalue weighted by atomic mass is 35.5. The summed E-state index contributed by atoms with van der Waals surface area (Å²) in [6.07, 6.45) is 1.22. The van der Waals surface area contributed by atoms with Crippen molar-refractivity contribution < 1.29 is 23.8 Å². The van der Waals surface area contributed by atoms with E-state index in [9.17, 15) is 14.7 Å². The van der Waals surface area contributed by atoms with Crippen LogP contribution in [0.15, 0.2) is 36.4 Å². The second-order valence-electron chi connectivity index (χ2n) is 9.50. The lowest BCUT2D eigenvalue weighted by atomic mass is 9.78. The van der Waals surface area contributed by atoms with Gasteiger partial charge in [-0.1, -0.05) is 29.8 Å². The molecule has 1 N–H and O–H groups in total. The molecule has 1 saturated carbocycles. The number of ether oxygens (including phenoxy) is 1. The van der Waals surface area contributed by atoms with Gasteiger partial charge in [-0.05, 0) is 62.8 Å². The maximum atomic E-state index is 15.1. The predicted molar refractivity (Wildman–Crippen MR) is 130 cm³/mol. The second-order valence-corrected chi connectivity index (χ2v) is 9.91. The molecule has 1 aliphatic heterocycles. The van der Waals surface area contributed by atoms with E-state index >= 15 is 4.39 Å². The maximum absolute atomic E-state index is 15.1. The van der Waals surface area contributed by atoms with Crippen molar-refractivity contribution in [3.63, 3.8) is 0 Å². The van der Waals surface area contributed by atoms with E-state index in [1.165, 1.54) is 16.8 Å². The van der Waals surface area contributed by atoms with Crippen molar-refractivity contribution in [2.24, 2.45) is 5.41 Å². The zero-order valence-electron chi connectivity index (χ0n) is 19.6. The smallest absolute Gasteiger partial charge is 0.314 e. The van der Waals surface area contributed by atoms with Crippen molar-refractivity contribution in [2.75, 3.05) is 24.6 Å². The highest BCUT2D eigenvalue weighted by Crippen LogP contribution is 2.44. The van der Waals surface area contributed by atoms with Crippen molar-refractivity contribution in [1.29, 1.82) is 0 Å². The summed E-state index contributed by atoms with van der Waals surface area (Å²) < 4.78 is 21.5. The van der Waals surface area contributed by atoms with Crippen molar-refractivity contribution in [2.45, 2.75) is 45.1 Å². The molecular weight excluding hydrogens is 473 g/mol. The highest BCUT2D eigenvalue weighted by Gasteiger charge is 2.46. The molecule has 1 saturated heterocycles. The molecule has 1 aromatic heterocycles. The number of anilines is 1. The van der Waals surface area contributed by atoms with Crippen molar-refractivity contribution in [3.05, 3.63) is 58.4 Å². The van der Waals surface area contributed by atoms with Crippen LogP contribution in [-0.4, -0.2) is 52.6 Å². The molecule has 7 nitrogen and oxygen atoms in total. The number of carbonyl (C=O) groups excluding carboxylic acids is 2. The fourth-order valence-electron chi connectivity index (χ4n) is 4.85. The van der Waals surface area contributed by atoms with Gasteiger partial charge in [0.2, 0.25) is 0 Å². The number of carbonyl (C=O) groups is 2. The fraction of sp³-hybridized carbons (Fsp3) is 0.423. The van der Waals surface area contributed by atoms with E-state index in [0.29, 0.717) is 29.1 Å². The van der Waals surface area contributed by atoms with Gasteiger partial charge in [-0.2, -0.15) is 4.68 Å². The molecule has 0 radical (unpaired) electrons. The maximum Gasteiger partial charge on any atom is 0.314 e. The minimum Gasteiger partial charge on any atom is -0.465 e. The topological polar surface area (TPSA) is 84.7 Å². The number of nitrogens with zero attached hydrogens (tertiary/aromatic N) is 3. The van der Waals surface area contributed by atoms with Crippen LogP contribution in [0.4, 0.5) is 10.2 Å². The number of aliphatic hydroxyl groups excluding tert-OH is 1. The van der Waals surface area contributed by atoms with Gasteiger partial charge in [0.25, 0.3) is 5.91 Å². The minimum absolute atomic E-state index is 0.0450. The number of hydrogen-bond acceptors (Lipinski definition) is 6. The van der Waals surface area contributed by atoms with E-state index in [0.717, 1.165) is 18.4 Å². The third-order valence-electron chi connectivity index (χ3n) is 7.18. The van der Waals surface area contributed by atoms with Gasteiger partial charge < -0.3 is 14.7 Å². The number of aliphatic hydroxyl groups is 1. The van der Waals surface area contributed by atoms with Crippen LogP contribution < -0.4 is 4.90 Å². The van der Waals surface area contributed by atoms with Crippen LogP contribution in [-0.2, 0) is 9.53 Å². The molecule has 0 amide bonds. The molecule has 0 bridgehead atoms. The lowest BCUT2D eigenvalue weighted by Crippen LogP contribution is -2.54. The van der Waals surface area contributed by atoms with Crippen molar-refractivity contribution >= 4 is 40.2 Å². The minimum atomic E-state index is -1.07. The first kappa shape index (κ1) is 23.8. The summed E-state index contributed by atoms with van der Waals surface area (Å²) in [4.78, 5) is 27.9. The summed E-state index contributed by atoms with van der Waals surface area (Å²) in [5.74, 6) is -0.880. The van der Waals surface area contributed by atoms with Gasteiger partial charge in [-0.25, -0.2) is 4.39 Å². The monoisotopic (exact) mass is 499 g/mol. The Kier molecular flexibility index (Phi) is 6.05. The Labute approximate surface area is 207 Å². The van der Waals surface area contributed by atoms with Gasteiger partial charge in [-0.15, -0.1) is 5.10 Å². The number of aromatic nitrogens is 2. The third kappa shape index (κ3) is 3.98.